The molecule has 1 heterocycles. The van der Waals surface area contributed by atoms with Gasteiger partial charge in [0.1, 0.15) is 5.82 Å². The molecule has 116 valence electrons. The van der Waals surface area contributed by atoms with Crippen LogP contribution >= 0.6 is 11.6 Å². The number of benzene rings is 1. The second-order valence-electron chi connectivity index (χ2n) is 4.84. The van der Waals surface area contributed by atoms with E-state index in [1.807, 2.05) is 4.57 Å². The molecule has 0 aliphatic rings. The number of nitrogens with zero attached hydrogens (tertiary/aromatic N) is 2. The first kappa shape index (κ1) is 16.0. The number of fused-ring (bicyclic) bond motifs is 1. The maximum atomic E-state index is 13.7. The van der Waals surface area contributed by atoms with E-state index >= 15 is 0 Å². The van der Waals surface area contributed by atoms with Crippen LogP contribution in [0, 0.1) is 5.82 Å². The predicted molar refractivity (Wildman–Crippen MR) is 81.5 cm³/mol. The van der Waals surface area contributed by atoms with E-state index in [0.717, 1.165) is 43.8 Å². The Balaban J connectivity index is 2.23. The van der Waals surface area contributed by atoms with Gasteiger partial charge >= 0.3 is 0 Å². The van der Waals surface area contributed by atoms with E-state index in [-0.39, 0.29) is 5.75 Å². The van der Waals surface area contributed by atoms with Crippen LogP contribution in [-0.4, -0.2) is 30.4 Å². The molecule has 0 bridgehead atoms. The van der Waals surface area contributed by atoms with Crippen molar-refractivity contribution < 1.29 is 13.9 Å². The minimum absolute atomic E-state index is 0.226. The Morgan fingerprint density at radius 1 is 1.24 bits per heavy atom. The maximum absolute atomic E-state index is 13.7. The van der Waals surface area contributed by atoms with Gasteiger partial charge in [0.05, 0.1) is 24.0 Å². The molecule has 1 aromatic heterocycles. The Hall–Kier alpha value is -1.33. The van der Waals surface area contributed by atoms with Gasteiger partial charge in [-0.05, 0) is 19.3 Å². The number of aryl methyl sites for hydroxylation is 1. The van der Waals surface area contributed by atoms with Crippen LogP contribution < -0.4 is 4.74 Å². The van der Waals surface area contributed by atoms with Crippen LogP contribution in [0.4, 0.5) is 4.39 Å². The van der Waals surface area contributed by atoms with Gasteiger partial charge in [-0.25, -0.2) is 9.37 Å². The summed E-state index contributed by atoms with van der Waals surface area (Å²) in [6.45, 7) is 1.57. The summed E-state index contributed by atoms with van der Waals surface area (Å²) in [4.78, 5) is 4.39. The number of methoxy groups -OCH3 is 2. The largest absolute Gasteiger partial charge is 0.494 e. The Morgan fingerprint density at radius 2 is 2.05 bits per heavy atom. The van der Waals surface area contributed by atoms with Crippen molar-refractivity contribution in [1.82, 2.24) is 9.55 Å². The number of halogens is 2. The number of hydrogen-bond donors (Lipinski definition) is 0. The summed E-state index contributed by atoms with van der Waals surface area (Å²) in [5.74, 6) is 0.877. The SMILES string of the molecule is COCCCCCn1c(CCl)nc2cc(F)c(OC)cc21. The lowest BCUT2D eigenvalue weighted by molar-refractivity contribution is 0.191. The first-order valence-electron chi connectivity index (χ1n) is 6.98. The summed E-state index contributed by atoms with van der Waals surface area (Å²) >= 11 is 5.95. The number of rotatable bonds is 8. The molecule has 0 aliphatic heterocycles. The van der Waals surface area contributed by atoms with Gasteiger partial charge < -0.3 is 14.0 Å². The lowest BCUT2D eigenvalue weighted by Crippen LogP contribution is -2.03. The highest BCUT2D eigenvalue weighted by atomic mass is 35.5. The molecule has 0 N–H and O–H groups in total. The van der Waals surface area contributed by atoms with E-state index < -0.39 is 5.82 Å². The quantitative estimate of drug-likeness (QED) is 0.550. The average Bonchev–Trinajstić information content (AvgIpc) is 2.83. The third-order valence-corrected chi connectivity index (χ3v) is 3.69. The summed E-state index contributed by atoms with van der Waals surface area (Å²) in [7, 11) is 3.16. The third kappa shape index (κ3) is 3.66. The molecule has 2 aromatic rings. The van der Waals surface area contributed by atoms with Crippen molar-refractivity contribution >= 4 is 22.6 Å². The van der Waals surface area contributed by atoms with Crippen LogP contribution in [0.1, 0.15) is 25.1 Å². The van der Waals surface area contributed by atoms with Crippen molar-refractivity contribution in [2.45, 2.75) is 31.7 Å². The molecule has 6 heteroatoms. The molecule has 0 saturated heterocycles. The molecule has 1 aromatic carbocycles. The van der Waals surface area contributed by atoms with E-state index in [4.69, 9.17) is 21.1 Å². The molecule has 0 aliphatic carbocycles. The van der Waals surface area contributed by atoms with Crippen LogP contribution in [0.3, 0.4) is 0 Å². The Labute approximate surface area is 128 Å². The molecule has 0 spiro atoms. The number of ether oxygens (including phenoxy) is 2. The fourth-order valence-corrected chi connectivity index (χ4v) is 2.58. The van der Waals surface area contributed by atoms with Crippen molar-refractivity contribution in [1.29, 1.82) is 0 Å². The predicted octanol–water partition coefficient (Wildman–Crippen LogP) is 3.74. The lowest BCUT2D eigenvalue weighted by Gasteiger charge is -2.08. The fraction of sp³-hybridized carbons (Fsp3) is 0.533. The van der Waals surface area contributed by atoms with Gasteiger partial charge in [-0.15, -0.1) is 11.6 Å². The van der Waals surface area contributed by atoms with Crippen molar-refractivity contribution in [2.75, 3.05) is 20.8 Å². The maximum Gasteiger partial charge on any atom is 0.167 e. The number of unbranched alkanes of at least 4 members (excludes halogenated alkanes) is 2. The van der Waals surface area contributed by atoms with Gasteiger partial charge in [-0.3, -0.25) is 0 Å². The zero-order valence-corrected chi connectivity index (χ0v) is 13.1. The molecule has 0 radical (unpaired) electrons. The summed E-state index contributed by atoms with van der Waals surface area (Å²) in [6, 6.07) is 3.08. The van der Waals surface area contributed by atoms with Crippen LogP contribution in [0.25, 0.3) is 11.0 Å². The van der Waals surface area contributed by atoms with Crippen molar-refractivity contribution in [2.24, 2.45) is 0 Å². The summed E-state index contributed by atoms with van der Waals surface area (Å²) in [6.07, 6.45) is 3.09. The molecule has 4 nitrogen and oxygen atoms in total. The first-order chi connectivity index (χ1) is 10.2. The molecule has 2 rings (SSSR count). The molecule has 0 saturated carbocycles. The van der Waals surface area contributed by atoms with Crippen molar-refractivity contribution in [3.63, 3.8) is 0 Å². The minimum atomic E-state index is -0.407. The van der Waals surface area contributed by atoms with E-state index in [9.17, 15) is 4.39 Å². The molecular weight excluding hydrogens is 295 g/mol. The number of alkyl halides is 1. The average molecular weight is 315 g/mol. The van der Waals surface area contributed by atoms with E-state index in [1.54, 1.807) is 13.2 Å². The van der Waals surface area contributed by atoms with Gasteiger partial charge in [0.15, 0.2) is 11.6 Å². The smallest absolute Gasteiger partial charge is 0.167 e. The topological polar surface area (TPSA) is 36.3 Å². The molecular formula is C15H20ClFN2O2. The van der Waals surface area contributed by atoms with E-state index in [0.29, 0.717) is 11.4 Å². The normalized spacial score (nSPS) is 11.2. The second-order valence-corrected chi connectivity index (χ2v) is 5.11. The number of hydrogen-bond acceptors (Lipinski definition) is 3. The van der Waals surface area contributed by atoms with Crippen molar-refractivity contribution in [3.8, 4) is 5.75 Å². The molecule has 0 unspecified atom stereocenters. The molecule has 0 atom stereocenters. The highest BCUT2D eigenvalue weighted by molar-refractivity contribution is 6.16. The summed E-state index contributed by atoms with van der Waals surface area (Å²) in [5, 5.41) is 0. The van der Waals surface area contributed by atoms with Gasteiger partial charge in [0.2, 0.25) is 0 Å². The zero-order chi connectivity index (χ0) is 15.2. The van der Waals surface area contributed by atoms with E-state index in [2.05, 4.69) is 4.98 Å². The van der Waals surface area contributed by atoms with E-state index in [1.165, 1.54) is 13.2 Å². The molecule has 0 amide bonds. The highest BCUT2D eigenvalue weighted by Crippen LogP contribution is 2.26. The van der Waals surface area contributed by atoms with Gasteiger partial charge in [-0.2, -0.15) is 0 Å². The Bertz CT molecular complexity index is 601. The summed E-state index contributed by atoms with van der Waals surface area (Å²) < 4.78 is 25.9. The lowest BCUT2D eigenvalue weighted by atomic mass is 10.2. The van der Waals surface area contributed by atoms with Gasteiger partial charge in [0.25, 0.3) is 0 Å². The number of imidazole rings is 1. The van der Waals surface area contributed by atoms with Gasteiger partial charge in [-0.1, -0.05) is 0 Å². The molecule has 0 fully saturated rings. The fourth-order valence-electron chi connectivity index (χ4n) is 2.38. The first-order valence-corrected chi connectivity index (χ1v) is 7.52. The standard InChI is InChI=1S/C15H20ClFN2O2/c1-20-7-5-3-4-6-19-13-9-14(21-2)11(17)8-12(13)18-15(19)10-16/h8-9H,3-7,10H2,1-2H3. The number of aromatic nitrogens is 2. The van der Waals surface area contributed by atoms with Crippen LogP contribution in [0.5, 0.6) is 5.75 Å². The monoisotopic (exact) mass is 314 g/mol. The van der Waals surface area contributed by atoms with Crippen LogP contribution in [0.2, 0.25) is 0 Å². The van der Waals surface area contributed by atoms with Crippen LogP contribution in [-0.2, 0) is 17.2 Å². The van der Waals surface area contributed by atoms with Crippen molar-refractivity contribution in [3.05, 3.63) is 23.8 Å². The summed E-state index contributed by atoms with van der Waals surface area (Å²) in [5.41, 5.74) is 1.47. The van der Waals surface area contributed by atoms with Gasteiger partial charge in [0, 0.05) is 32.4 Å². The second kappa shape index (κ2) is 7.61. The Kier molecular flexibility index (Phi) is 5.82. The Morgan fingerprint density at radius 3 is 2.71 bits per heavy atom. The zero-order valence-electron chi connectivity index (χ0n) is 12.4. The third-order valence-electron chi connectivity index (χ3n) is 3.45. The minimum Gasteiger partial charge on any atom is -0.494 e. The molecule has 21 heavy (non-hydrogen) atoms. The highest BCUT2D eigenvalue weighted by Gasteiger charge is 2.13. The van der Waals surface area contributed by atoms with Crippen LogP contribution in [0.15, 0.2) is 12.1 Å².